The van der Waals surface area contributed by atoms with Crippen molar-refractivity contribution in [3.8, 4) is 11.3 Å². The number of rotatable bonds is 7. The molecule has 1 heterocycles. The lowest BCUT2D eigenvalue weighted by molar-refractivity contribution is 0.192. The average Bonchev–Trinajstić information content (AvgIpc) is 3.32. The maximum absolute atomic E-state index is 10.7. The van der Waals surface area contributed by atoms with Gasteiger partial charge in [0.15, 0.2) is 0 Å². The molecule has 3 aromatic rings. The summed E-state index contributed by atoms with van der Waals surface area (Å²) in [5.41, 5.74) is 13.4. The molecule has 0 amide bonds. The van der Waals surface area contributed by atoms with Crippen molar-refractivity contribution in [1.29, 1.82) is 0 Å². The quantitative estimate of drug-likeness (QED) is 0.367. The van der Waals surface area contributed by atoms with Crippen molar-refractivity contribution in [2.75, 3.05) is 11.1 Å². The highest BCUT2D eigenvalue weighted by Crippen LogP contribution is 2.36. The highest BCUT2D eigenvalue weighted by Gasteiger charge is 2.25. The molecule has 0 saturated heterocycles. The third kappa shape index (κ3) is 4.63. The number of nitrogens with zero attached hydrogens (tertiary/aromatic N) is 2. The van der Waals surface area contributed by atoms with Crippen molar-refractivity contribution < 1.29 is 5.11 Å². The van der Waals surface area contributed by atoms with E-state index in [2.05, 4.69) is 29.6 Å². The molecule has 0 spiro atoms. The Bertz CT molecular complexity index is 1080. The van der Waals surface area contributed by atoms with Gasteiger partial charge in [-0.15, -0.1) is 0 Å². The zero-order valence-electron chi connectivity index (χ0n) is 18.6. The molecule has 32 heavy (non-hydrogen) atoms. The molecule has 5 heteroatoms. The summed E-state index contributed by atoms with van der Waals surface area (Å²) in [6, 6.07) is 16.4. The molecular formula is C27H32N4O. The second-order valence-electron chi connectivity index (χ2n) is 9.27. The number of nitrogen functional groups attached to an aromatic ring is 1. The van der Waals surface area contributed by atoms with Crippen molar-refractivity contribution in [2.45, 2.75) is 64.0 Å². The first-order valence-corrected chi connectivity index (χ1v) is 11.9. The molecule has 5 nitrogen and oxygen atoms in total. The summed E-state index contributed by atoms with van der Waals surface area (Å²) in [7, 11) is 0. The number of benzene rings is 2. The van der Waals surface area contributed by atoms with E-state index in [0.29, 0.717) is 12.3 Å². The van der Waals surface area contributed by atoms with Crippen LogP contribution < -0.4 is 11.1 Å². The van der Waals surface area contributed by atoms with Gasteiger partial charge in [-0.1, -0.05) is 62.1 Å². The van der Waals surface area contributed by atoms with E-state index < -0.39 is 6.23 Å². The lowest BCUT2D eigenvalue weighted by Crippen LogP contribution is -2.23. The van der Waals surface area contributed by atoms with E-state index in [1.165, 1.54) is 36.8 Å². The first-order chi connectivity index (χ1) is 15.7. The smallest absolute Gasteiger partial charge is 0.150 e. The molecule has 0 aliphatic heterocycles. The van der Waals surface area contributed by atoms with E-state index in [0.717, 1.165) is 59.8 Å². The van der Waals surface area contributed by atoms with Crippen LogP contribution in [0.25, 0.3) is 11.3 Å². The first kappa shape index (κ1) is 21.0. The molecule has 166 valence electrons. The van der Waals surface area contributed by atoms with Gasteiger partial charge in [0.05, 0.1) is 17.1 Å². The fourth-order valence-corrected chi connectivity index (χ4v) is 5.12. The van der Waals surface area contributed by atoms with Gasteiger partial charge in [-0.05, 0) is 61.3 Å². The fraction of sp³-hybridized carbons (Fsp3) is 0.407. The first-order valence-electron chi connectivity index (χ1n) is 11.9. The summed E-state index contributed by atoms with van der Waals surface area (Å²) in [6.07, 6.45) is 8.58. The van der Waals surface area contributed by atoms with Gasteiger partial charge in [-0.25, -0.2) is 9.97 Å². The zero-order valence-corrected chi connectivity index (χ0v) is 18.6. The lowest BCUT2D eigenvalue weighted by Gasteiger charge is -2.23. The molecule has 2 aliphatic rings. The van der Waals surface area contributed by atoms with E-state index in [-0.39, 0.29) is 0 Å². The molecule has 2 aromatic carbocycles. The Morgan fingerprint density at radius 3 is 2.66 bits per heavy atom. The number of aliphatic hydroxyl groups excluding tert-OH is 1. The Kier molecular flexibility index (Phi) is 6.08. The predicted molar refractivity (Wildman–Crippen MR) is 129 cm³/mol. The Morgan fingerprint density at radius 1 is 1.03 bits per heavy atom. The molecule has 1 fully saturated rings. The Labute approximate surface area is 190 Å². The number of aromatic nitrogens is 2. The summed E-state index contributed by atoms with van der Waals surface area (Å²) in [5.74, 6) is 1.41. The lowest BCUT2D eigenvalue weighted by atomic mass is 9.91. The topological polar surface area (TPSA) is 84.1 Å². The van der Waals surface area contributed by atoms with Crippen LogP contribution in [0.4, 0.5) is 11.5 Å². The van der Waals surface area contributed by atoms with Gasteiger partial charge in [0, 0.05) is 11.3 Å². The normalized spacial score (nSPS) is 16.4. The monoisotopic (exact) mass is 428 g/mol. The number of nitrogens with one attached hydrogen (secondary N) is 1. The summed E-state index contributed by atoms with van der Waals surface area (Å²) in [5, 5.41) is 14.0. The van der Waals surface area contributed by atoms with E-state index in [1.54, 1.807) is 0 Å². The number of hydrogen-bond acceptors (Lipinski definition) is 5. The van der Waals surface area contributed by atoms with E-state index in [1.807, 2.05) is 24.3 Å². The molecule has 5 rings (SSSR count). The van der Waals surface area contributed by atoms with E-state index >= 15 is 0 Å². The minimum absolute atomic E-state index is 0.633. The number of nitrogens with two attached hydrogens (primary N) is 1. The Morgan fingerprint density at radius 2 is 1.84 bits per heavy atom. The predicted octanol–water partition coefficient (Wildman–Crippen LogP) is 4.92. The molecule has 0 bridgehead atoms. The van der Waals surface area contributed by atoms with Gasteiger partial charge in [0.2, 0.25) is 0 Å². The van der Waals surface area contributed by atoms with Gasteiger partial charge < -0.3 is 16.2 Å². The minimum atomic E-state index is -0.652. The van der Waals surface area contributed by atoms with Gasteiger partial charge in [-0.2, -0.15) is 0 Å². The molecule has 1 saturated carbocycles. The number of hydrogen-bond donors (Lipinski definition) is 3. The second kappa shape index (κ2) is 9.29. The van der Waals surface area contributed by atoms with Crippen molar-refractivity contribution in [3.05, 3.63) is 71.0 Å². The molecule has 1 unspecified atom stereocenters. The van der Waals surface area contributed by atoms with Crippen LogP contribution >= 0.6 is 0 Å². The van der Waals surface area contributed by atoms with Crippen LogP contribution in [0.1, 0.15) is 54.6 Å². The maximum atomic E-state index is 10.7. The summed E-state index contributed by atoms with van der Waals surface area (Å²) in [6.45, 7) is 0. The standard InChI is InChI=1S/C27H32N4O/c28-21-12-13-22-20(17-21)11-14-23-26(22)29-24(16-19-8-4-5-9-19)27(30-23)31-25(32)15-10-18-6-2-1-3-7-18/h1-3,6-7,12-13,17,19,25,32H,4-5,8-11,14-16,28H2,(H,30,31). The fourth-order valence-electron chi connectivity index (χ4n) is 5.12. The van der Waals surface area contributed by atoms with E-state index in [4.69, 9.17) is 15.7 Å². The minimum Gasteiger partial charge on any atom is -0.399 e. The van der Waals surface area contributed by atoms with Crippen molar-refractivity contribution in [3.63, 3.8) is 0 Å². The van der Waals surface area contributed by atoms with Crippen molar-refractivity contribution >= 4 is 11.5 Å². The van der Waals surface area contributed by atoms with Crippen LogP contribution in [-0.4, -0.2) is 21.3 Å². The number of aryl methyl sites for hydroxylation is 3. The molecule has 1 atom stereocenters. The van der Waals surface area contributed by atoms with Gasteiger partial charge in [0.1, 0.15) is 12.0 Å². The summed E-state index contributed by atoms with van der Waals surface area (Å²) in [4.78, 5) is 10.1. The highest BCUT2D eigenvalue weighted by atomic mass is 16.3. The highest BCUT2D eigenvalue weighted by molar-refractivity contribution is 5.72. The second-order valence-corrected chi connectivity index (χ2v) is 9.27. The zero-order chi connectivity index (χ0) is 21.9. The SMILES string of the molecule is Nc1ccc2c(c1)CCc1nc(NC(O)CCc3ccccc3)c(CC3CCCC3)nc1-2. The molecule has 0 radical (unpaired) electrons. The van der Waals surface area contributed by atoms with Crippen LogP contribution in [0.5, 0.6) is 0 Å². The third-order valence-electron chi connectivity index (χ3n) is 6.87. The van der Waals surface area contributed by atoms with Crippen LogP contribution in [0, 0.1) is 5.92 Å². The van der Waals surface area contributed by atoms with Gasteiger partial charge in [0.25, 0.3) is 0 Å². The van der Waals surface area contributed by atoms with Crippen molar-refractivity contribution in [1.82, 2.24) is 9.97 Å². The van der Waals surface area contributed by atoms with Crippen molar-refractivity contribution in [2.24, 2.45) is 5.92 Å². The van der Waals surface area contributed by atoms with Crippen LogP contribution in [0.2, 0.25) is 0 Å². The molecule has 4 N–H and O–H groups in total. The number of anilines is 2. The third-order valence-corrected chi connectivity index (χ3v) is 6.87. The molecule has 2 aliphatic carbocycles. The van der Waals surface area contributed by atoms with Crippen LogP contribution in [0.15, 0.2) is 48.5 Å². The average molecular weight is 429 g/mol. The summed E-state index contributed by atoms with van der Waals surface area (Å²) >= 11 is 0. The van der Waals surface area contributed by atoms with Gasteiger partial charge >= 0.3 is 0 Å². The molecular weight excluding hydrogens is 396 g/mol. The van der Waals surface area contributed by atoms with Crippen LogP contribution in [0.3, 0.4) is 0 Å². The number of aliphatic hydroxyl groups is 1. The Balaban J connectivity index is 1.41. The van der Waals surface area contributed by atoms with Gasteiger partial charge in [-0.3, -0.25) is 0 Å². The summed E-state index contributed by atoms with van der Waals surface area (Å²) < 4.78 is 0. The largest absolute Gasteiger partial charge is 0.399 e. The Hall–Kier alpha value is -2.92. The number of fused-ring (bicyclic) bond motifs is 3. The van der Waals surface area contributed by atoms with Crippen LogP contribution in [-0.2, 0) is 25.7 Å². The maximum Gasteiger partial charge on any atom is 0.150 e. The van der Waals surface area contributed by atoms with E-state index in [9.17, 15) is 5.11 Å². The molecule has 1 aromatic heterocycles.